The Morgan fingerprint density at radius 2 is 2.59 bits per heavy atom. The quantitative estimate of drug-likeness (QED) is 0.871. The Kier molecular flexibility index (Phi) is 4.12. The van der Waals surface area contributed by atoms with Crippen molar-refractivity contribution in [2.75, 3.05) is 13.2 Å². The minimum Gasteiger partial charge on any atom is -0.373 e. The highest BCUT2D eigenvalue weighted by Crippen LogP contribution is 2.23. The van der Waals surface area contributed by atoms with Gasteiger partial charge in [0.05, 0.1) is 16.8 Å². The van der Waals surface area contributed by atoms with Crippen LogP contribution in [0.25, 0.3) is 0 Å². The first kappa shape index (κ1) is 12.5. The van der Waals surface area contributed by atoms with Gasteiger partial charge >= 0.3 is 0 Å². The Hall–Kier alpha value is -0.940. The maximum Gasteiger partial charge on any atom is 0.220 e. The molecule has 0 radical (unpaired) electrons. The monoisotopic (exact) mass is 254 g/mol. The number of carbonyl (C=O) groups is 1. The topological polar surface area (TPSA) is 51.2 Å². The minimum absolute atomic E-state index is 0.0784. The molecule has 1 amide bonds. The number of ether oxygens (including phenoxy) is 1. The number of nitrogens with zero attached hydrogens (tertiary/aromatic N) is 1. The number of aryl methyl sites for hydroxylation is 1. The van der Waals surface area contributed by atoms with Gasteiger partial charge in [0.25, 0.3) is 0 Å². The molecule has 0 aliphatic carbocycles. The summed E-state index contributed by atoms with van der Waals surface area (Å²) >= 11 is 1.56. The van der Waals surface area contributed by atoms with E-state index in [1.807, 2.05) is 5.38 Å². The van der Waals surface area contributed by atoms with Crippen LogP contribution in [0.3, 0.4) is 0 Å². The van der Waals surface area contributed by atoms with Gasteiger partial charge in [-0.2, -0.15) is 0 Å². The van der Waals surface area contributed by atoms with Crippen LogP contribution in [0.2, 0.25) is 0 Å². The maximum absolute atomic E-state index is 11.6. The molecule has 0 spiro atoms. The summed E-state index contributed by atoms with van der Waals surface area (Å²) in [5.41, 5.74) is 2.63. The predicted molar refractivity (Wildman–Crippen MR) is 67.0 cm³/mol. The predicted octanol–water partition coefficient (Wildman–Crippen LogP) is 1.76. The van der Waals surface area contributed by atoms with Gasteiger partial charge in [0.15, 0.2) is 0 Å². The van der Waals surface area contributed by atoms with Crippen LogP contribution in [0.5, 0.6) is 0 Å². The number of rotatable bonds is 5. The number of carbonyl (C=O) groups excluding carboxylic acids is 1. The molecule has 0 saturated carbocycles. The molecular formula is C12H18N2O2S. The zero-order chi connectivity index (χ0) is 12.1. The molecule has 1 N–H and O–H groups in total. The standard InChI is InChI=1S/C12H18N2O2S/c1-12(5-2-6-16-12)8-13-11(15)4-3-10-7-17-9-14-10/h7,9H,2-6,8H2,1H3,(H,13,15). The fraction of sp³-hybridized carbons (Fsp3) is 0.667. The summed E-state index contributed by atoms with van der Waals surface area (Å²) in [7, 11) is 0. The maximum atomic E-state index is 11.6. The van der Waals surface area contributed by atoms with E-state index < -0.39 is 0 Å². The Morgan fingerprint density at radius 1 is 1.71 bits per heavy atom. The van der Waals surface area contributed by atoms with Crippen LogP contribution in [-0.2, 0) is 16.0 Å². The Bertz CT molecular complexity index is 359. The van der Waals surface area contributed by atoms with Gasteiger partial charge in [-0.15, -0.1) is 11.3 Å². The molecule has 0 bridgehead atoms. The van der Waals surface area contributed by atoms with Crippen molar-refractivity contribution in [2.45, 2.75) is 38.2 Å². The molecule has 0 aromatic carbocycles. The molecule has 1 saturated heterocycles. The average molecular weight is 254 g/mol. The van der Waals surface area contributed by atoms with Crippen LogP contribution in [0, 0.1) is 0 Å². The van der Waals surface area contributed by atoms with E-state index in [0.717, 1.165) is 25.1 Å². The smallest absolute Gasteiger partial charge is 0.220 e. The van der Waals surface area contributed by atoms with E-state index in [0.29, 0.717) is 19.4 Å². The molecule has 1 aliphatic rings. The summed E-state index contributed by atoms with van der Waals surface area (Å²) in [6, 6.07) is 0. The Balaban J connectivity index is 1.67. The van der Waals surface area contributed by atoms with E-state index in [-0.39, 0.29) is 11.5 Å². The molecule has 1 aliphatic heterocycles. The third-order valence-electron chi connectivity index (χ3n) is 3.05. The third-order valence-corrected chi connectivity index (χ3v) is 3.69. The van der Waals surface area contributed by atoms with E-state index in [2.05, 4.69) is 17.2 Å². The Morgan fingerprint density at radius 3 is 3.24 bits per heavy atom. The highest BCUT2D eigenvalue weighted by atomic mass is 32.1. The fourth-order valence-corrected chi connectivity index (χ4v) is 2.55. The molecular weight excluding hydrogens is 236 g/mol. The van der Waals surface area contributed by atoms with Crippen LogP contribution in [-0.4, -0.2) is 29.6 Å². The lowest BCUT2D eigenvalue weighted by Gasteiger charge is -2.23. The van der Waals surface area contributed by atoms with Gasteiger partial charge in [-0.1, -0.05) is 0 Å². The molecule has 1 unspecified atom stereocenters. The molecule has 1 fully saturated rings. The van der Waals surface area contributed by atoms with Gasteiger partial charge in [-0.25, -0.2) is 4.98 Å². The van der Waals surface area contributed by atoms with Crippen molar-refractivity contribution < 1.29 is 9.53 Å². The molecule has 1 aromatic heterocycles. The summed E-state index contributed by atoms with van der Waals surface area (Å²) in [6.07, 6.45) is 3.33. The highest BCUT2D eigenvalue weighted by molar-refractivity contribution is 7.07. The van der Waals surface area contributed by atoms with Crippen LogP contribution < -0.4 is 5.32 Å². The van der Waals surface area contributed by atoms with Gasteiger partial charge in [-0.05, 0) is 26.2 Å². The van der Waals surface area contributed by atoms with Gasteiger partial charge in [0, 0.05) is 25.0 Å². The van der Waals surface area contributed by atoms with Crippen LogP contribution in [0.4, 0.5) is 0 Å². The lowest BCUT2D eigenvalue weighted by molar-refractivity contribution is -0.122. The largest absolute Gasteiger partial charge is 0.373 e. The fourth-order valence-electron chi connectivity index (χ4n) is 1.95. The summed E-state index contributed by atoms with van der Waals surface area (Å²) in [6.45, 7) is 3.48. The van der Waals surface area contributed by atoms with Gasteiger partial charge in [-0.3, -0.25) is 4.79 Å². The minimum atomic E-state index is -0.156. The van der Waals surface area contributed by atoms with Crippen molar-refractivity contribution in [1.29, 1.82) is 0 Å². The second kappa shape index (κ2) is 5.60. The van der Waals surface area contributed by atoms with E-state index >= 15 is 0 Å². The van der Waals surface area contributed by atoms with Crippen LogP contribution in [0.1, 0.15) is 31.9 Å². The molecule has 17 heavy (non-hydrogen) atoms. The van der Waals surface area contributed by atoms with E-state index in [9.17, 15) is 4.79 Å². The van der Waals surface area contributed by atoms with E-state index in [4.69, 9.17) is 4.74 Å². The lowest BCUT2D eigenvalue weighted by Crippen LogP contribution is -2.40. The van der Waals surface area contributed by atoms with Gasteiger partial charge in [0.1, 0.15) is 0 Å². The molecule has 5 heteroatoms. The summed E-state index contributed by atoms with van der Waals surface area (Å²) < 4.78 is 5.62. The first-order chi connectivity index (χ1) is 8.18. The number of hydrogen-bond acceptors (Lipinski definition) is 4. The second-order valence-electron chi connectivity index (χ2n) is 4.66. The van der Waals surface area contributed by atoms with E-state index in [1.165, 1.54) is 0 Å². The SMILES string of the molecule is CC1(CNC(=O)CCc2cscn2)CCCO1. The molecule has 1 aromatic rings. The lowest BCUT2D eigenvalue weighted by atomic mass is 10.0. The molecule has 4 nitrogen and oxygen atoms in total. The first-order valence-corrected chi connectivity index (χ1v) is 6.90. The molecule has 2 rings (SSSR count). The van der Waals surface area contributed by atoms with Gasteiger partial charge in [0.2, 0.25) is 5.91 Å². The zero-order valence-corrected chi connectivity index (χ0v) is 10.9. The number of thiazole rings is 1. The normalized spacial score (nSPS) is 23.8. The number of nitrogens with one attached hydrogen (secondary N) is 1. The Labute approximate surface area is 105 Å². The number of hydrogen-bond donors (Lipinski definition) is 1. The van der Waals surface area contributed by atoms with Gasteiger partial charge < -0.3 is 10.1 Å². The molecule has 2 heterocycles. The number of amides is 1. The number of aromatic nitrogens is 1. The summed E-state index contributed by atoms with van der Waals surface area (Å²) in [5.74, 6) is 0.0784. The van der Waals surface area contributed by atoms with Crippen molar-refractivity contribution in [2.24, 2.45) is 0 Å². The summed E-state index contributed by atoms with van der Waals surface area (Å²) in [5, 5.41) is 4.92. The van der Waals surface area contributed by atoms with Crippen molar-refractivity contribution >= 4 is 17.2 Å². The van der Waals surface area contributed by atoms with E-state index in [1.54, 1.807) is 16.8 Å². The van der Waals surface area contributed by atoms with Crippen molar-refractivity contribution in [1.82, 2.24) is 10.3 Å². The van der Waals surface area contributed by atoms with Crippen molar-refractivity contribution in [3.05, 3.63) is 16.6 Å². The molecule has 94 valence electrons. The average Bonchev–Trinajstić information content (AvgIpc) is 2.95. The molecule has 1 atom stereocenters. The van der Waals surface area contributed by atoms with Crippen molar-refractivity contribution in [3.8, 4) is 0 Å². The zero-order valence-electron chi connectivity index (χ0n) is 10.1. The first-order valence-electron chi connectivity index (χ1n) is 5.96. The summed E-state index contributed by atoms with van der Waals surface area (Å²) in [4.78, 5) is 15.8. The second-order valence-corrected chi connectivity index (χ2v) is 5.38. The highest BCUT2D eigenvalue weighted by Gasteiger charge is 2.29. The van der Waals surface area contributed by atoms with Crippen molar-refractivity contribution in [3.63, 3.8) is 0 Å². The third kappa shape index (κ3) is 3.78. The van der Waals surface area contributed by atoms with Crippen LogP contribution in [0.15, 0.2) is 10.9 Å². The van der Waals surface area contributed by atoms with Crippen LogP contribution >= 0.6 is 11.3 Å².